The van der Waals surface area contributed by atoms with Crippen LogP contribution in [-0.2, 0) is 5.41 Å². The molecule has 1 aliphatic rings. The van der Waals surface area contributed by atoms with Crippen molar-refractivity contribution in [2.45, 2.75) is 19.3 Å². The first-order valence-corrected chi connectivity index (χ1v) is 20.4. The van der Waals surface area contributed by atoms with Crippen molar-refractivity contribution in [1.82, 2.24) is 0 Å². The van der Waals surface area contributed by atoms with Gasteiger partial charge in [0.2, 0.25) is 0 Å². The molecule has 12 rings (SSSR count). The minimum Gasteiger partial charge on any atom is -0.135 e. The molecule has 0 spiro atoms. The van der Waals surface area contributed by atoms with Crippen LogP contribution < -0.4 is 0 Å². The minimum absolute atomic E-state index is 0.0809. The van der Waals surface area contributed by atoms with E-state index in [0.717, 1.165) is 0 Å². The van der Waals surface area contributed by atoms with Gasteiger partial charge in [-0.05, 0) is 123 Å². The Morgan fingerprint density at radius 3 is 1.66 bits per heavy atom. The van der Waals surface area contributed by atoms with Crippen LogP contribution in [0.3, 0.4) is 0 Å². The van der Waals surface area contributed by atoms with Crippen molar-refractivity contribution in [2.24, 2.45) is 0 Å². The van der Waals surface area contributed by atoms with Gasteiger partial charge in [-0.15, -0.1) is 11.3 Å². The van der Waals surface area contributed by atoms with Crippen LogP contribution in [0.15, 0.2) is 182 Å². The van der Waals surface area contributed by atoms with Gasteiger partial charge in [-0.1, -0.05) is 172 Å². The van der Waals surface area contributed by atoms with Crippen LogP contribution in [0.1, 0.15) is 25.0 Å². The van der Waals surface area contributed by atoms with E-state index in [1.165, 1.54) is 119 Å². The standard InChI is InChI=1S/C55H36S/c1-55(2)47-28-29-48-53(52(47)46-27-24-34-13-5-6-17-40(34)54(46)55)45-26-25-39(32-49(45)56-48)51-43-20-9-7-18-41(43)50(42-19-8-10-21-44(42)51)38-16-11-15-36(31-38)37-23-22-33-12-3-4-14-35(33)30-37/h3-32H,1-2H3. The first-order chi connectivity index (χ1) is 27.5. The van der Waals surface area contributed by atoms with E-state index in [9.17, 15) is 0 Å². The summed E-state index contributed by atoms with van der Waals surface area (Å²) in [5, 5.41) is 13.1. The van der Waals surface area contributed by atoms with Crippen LogP contribution in [0, 0.1) is 0 Å². The summed E-state index contributed by atoms with van der Waals surface area (Å²) in [6.07, 6.45) is 0. The molecule has 1 heteroatoms. The minimum atomic E-state index is -0.0809. The quantitative estimate of drug-likeness (QED) is 0.159. The molecule has 0 radical (unpaired) electrons. The molecule has 0 fully saturated rings. The van der Waals surface area contributed by atoms with Crippen molar-refractivity contribution in [3.8, 4) is 44.5 Å². The lowest BCUT2D eigenvalue weighted by Gasteiger charge is -2.23. The summed E-state index contributed by atoms with van der Waals surface area (Å²) in [4.78, 5) is 0. The molecule has 0 unspecified atom stereocenters. The molecule has 56 heavy (non-hydrogen) atoms. The van der Waals surface area contributed by atoms with Gasteiger partial charge in [0.15, 0.2) is 0 Å². The Morgan fingerprint density at radius 2 is 0.929 bits per heavy atom. The lowest BCUT2D eigenvalue weighted by molar-refractivity contribution is 0.667. The van der Waals surface area contributed by atoms with Crippen LogP contribution in [0.25, 0.3) is 108 Å². The van der Waals surface area contributed by atoms with Gasteiger partial charge in [-0.25, -0.2) is 0 Å². The highest BCUT2D eigenvalue weighted by Gasteiger charge is 2.38. The normalized spacial score (nSPS) is 13.3. The Morgan fingerprint density at radius 1 is 0.357 bits per heavy atom. The third-order valence-electron chi connectivity index (χ3n) is 12.6. The zero-order chi connectivity index (χ0) is 37.1. The summed E-state index contributed by atoms with van der Waals surface area (Å²) >= 11 is 1.93. The third-order valence-corrected chi connectivity index (χ3v) is 13.7. The predicted octanol–water partition coefficient (Wildman–Crippen LogP) is 16.0. The molecular formula is C55H36S. The SMILES string of the molecule is CC1(C)c2ccc3sc4cc(-c5c6ccccc6c(-c6cccc(-c7ccc8ccccc8c7)c6)c6ccccc56)ccc4c3c2-c2ccc3ccccc3c21. The zero-order valence-electron chi connectivity index (χ0n) is 31.2. The molecule has 0 bridgehead atoms. The molecule has 0 aliphatic heterocycles. The van der Waals surface area contributed by atoms with Crippen molar-refractivity contribution in [3.63, 3.8) is 0 Å². The maximum atomic E-state index is 2.46. The molecule has 0 atom stereocenters. The summed E-state index contributed by atoms with van der Waals surface area (Å²) in [6, 6.07) is 68.1. The highest BCUT2D eigenvalue weighted by Crippen LogP contribution is 2.56. The monoisotopic (exact) mass is 728 g/mol. The number of benzene rings is 10. The Kier molecular flexibility index (Phi) is 6.66. The molecule has 0 saturated carbocycles. The first-order valence-electron chi connectivity index (χ1n) is 19.6. The zero-order valence-corrected chi connectivity index (χ0v) is 32.0. The second-order valence-electron chi connectivity index (χ2n) is 16.0. The molecule has 0 saturated heterocycles. The van der Waals surface area contributed by atoms with E-state index in [0.29, 0.717) is 0 Å². The molecule has 262 valence electrons. The van der Waals surface area contributed by atoms with Gasteiger partial charge in [0, 0.05) is 25.6 Å². The third kappa shape index (κ3) is 4.47. The largest absolute Gasteiger partial charge is 0.135 e. The maximum Gasteiger partial charge on any atom is 0.0361 e. The van der Waals surface area contributed by atoms with Crippen LogP contribution >= 0.6 is 11.3 Å². The van der Waals surface area contributed by atoms with Crippen molar-refractivity contribution < 1.29 is 0 Å². The molecule has 0 N–H and O–H groups in total. The van der Waals surface area contributed by atoms with Crippen LogP contribution in [0.2, 0.25) is 0 Å². The second kappa shape index (κ2) is 11.7. The fourth-order valence-corrected chi connectivity index (χ4v) is 11.2. The molecule has 0 nitrogen and oxygen atoms in total. The average molecular weight is 729 g/mol. The molecule has 0 amide bonds. The Hall–Kier alpha value is -6.54. The van der Waals surface area contributed by atoms with Crippen LogP contribution in [-0.4, -0.2) is 0 Å². The van der Waals surface area contributed by atoms with Gasteiger partial charge in [0.25, 0.3) is 0 Å². The van der Waals surface area contributed by atoms with E-state index in [1.807, 2.05) is 11.3 Å². The van der Waals surface area contributed by atoms with Gasteiger partial charge in [0.05, 0.1) is 0 Å². The predicted molar refractivity (Wildman–Crippen MR) is 243 cm³/mol. The molecule has 10 aromatic carbocycles. The van der Waals surface area contributed by atoms with Crippen molar-refractivity contribution in [3.05, 3.63) is 193 Å². The number of rotatable bonds is 3. The van der Waals surface area contributed by atoms with Gasteiger partial charge in [-0.3, -0.25) is 0 Å². The highest BCUT2D eigenvalue weighted by atomic mass is 32.1. The van der Waals surface area contributed by atoms with E-state index >= 15 is 0 Å². The summed E-state index contributed by atoms with van der Waals surface area (Å²) in [5.41, 5.74) is 13.1. The molecule has 1 heterocycles. The number of thiophene rings is 1. The van der Waals surface area contributed by atoms with Gasteiger partial charge in [0.1, 0.15) is 0 Å². The summed E-state index contributed by atoms with van der Waals surface area (Å²) in [5.74, 6) is 0. The highest BCUT2D eigenvalue weighted by molar-refractivity contribution is 7.26. The fourth-order valence-electron chi connectivity index (χ4n) is 10.1. The molecular weight excluding hydrogens is 693 g/mol. The fraction of sp³-hybridized carbons (Fsp3) is 0.0545. The first kappa shape index (κ1) is 31.8. The topological polar surface area (TPSA) is 0 Å². The number of fused-ring (bicyclic) bond motifs is 12. The molecule has 1 aliphatic carbocycles. The van der Waals surface area contributed by atoms with E-state index < -0.39 is 0 Å². The summed E-state index contributed by atoms with van der Waals surface area (Å²) in [7, 11) is 0. The maximum absolute atomic E-state index is 2.46. The number of hydrogen-bond donors (Lipinski definition) is 0. The van der Waals surface area contributed by atoms with Crippen LogP contribution in [0.4, 0.5) is 0 Å². The molecule has 1 aromatic heterocycles. The van der Waals surface area contributed by atoms with Crippen molar-refractivity contribution >= 4 is 74.6 Å². The lowest BCUT2D eigenvalue weighted by Crippen LogP contribution is -2.15. The Labute approximate surface area is 329 Å². The van der Waals surface area contributed by atoms with Crippen molar-refractivity contribution in [1.29, 1.82) is 0 Å². The van der Waals surface area contributed by atoms with Crippen LogP contribution in [0.5, 0.6) is 0 Å². The van der Waals surface area contributed by atoms with E-state index in [2.05, 4.69) is 196 Å². The van der Waals surface area contributed by atoms with E-state index in [-0.39, 0.29) is 5.41 Å². The Bertz CT molecular complexity index is 3390. The van der Waals surface area contributed by atoms with Gasteiger partial charge >= 0.3 is 0 Å². The second-order valence-corrected chi connectivity index (χ2v) is 17.1. The summed E-state index contributed by atoms with van der Waals surface area (Å²) in [6.45, 7) is 4.81. The summed E-state index contributed by atoms with van der Waals surface area (Å²) < 4.78 is 2.68. The molecule has 11 aromatic rings. The van der Waals surface area contributed by atoms with Crippen molar-refractivity contribution in [2.75, 3.05) is 0 Å². The van der Waals surface area contributed by atoms with Gasteiger partial charge in [-0.2, -0.15) is 0 Å². The van der Waals surface area contributed by atoms with E-state index in [1.54, 1.807) is 0 Å². The Balaban J connectivity index is 1.06. The average Bonchev–Trinajstić information content (AvgIpc) is 3.73. The van der Waals surface area contributed by atoms with Gasteiger partial charge < -0.3 is 0 Å². The number of hydrogen-bond acceptors (Lipinski definition) is 1. The smallest absolute Gasteiger partial charge is 0.0361 e. The lowest BCUT2D eigenvalue weighted by atomic mass is 9.80. The van der Waals surface area contributed by atoms with E-state index in [4.69, 9.17) is 0 Å².